The van der Waals surface area contributed by atoms with Crippen LogP contribution in [0.5, 0.6) is 0 Å². The smallest absolute Gasteiger partial charge is 0.337 e. The summed E-state index contributed by atoms with van der Waals surface area (Å²) in [6, 6.07) is 13.4. The zero-order chi connectivity index (χ0) is 18.0. The van der Waals surface area contributed by atoms with Crippen LogP contribution in [0.3, 0.4) is 0 Å². The summed E-state index contributed by atoms with van der Waals surface area (Å²) in [5.74, 6) is -1.04. The molecule has 6 nitrogen and oxygen atoms in total. The highest BCUT2D eigenvalue weighted by Crippen LogP contribution is 2.14. The number of methoxy groups -OCH3 is 1. The Morgan fingerprint density at radius 2 is 1.84 bits per heavy atom. The lowest BCUT2D eigenvalue weighted by molar-refractivity contribution is 0.0600. The second-order valence-corrected chi connectivity index (χ2v) is 5.53. The molecule has 0 saturated carbocycles. The van der Waals surface area contributed by atoms with Crippen LogP contribution in [0.25, 0.3) is 10.9 Å². The quantitative estimate of drug-likeness (QED) is 0.746. The molecule has 3 aromatic rings. The van der Waals surface area contributed by atoms with Crippen LogP contribution in [0.1, 0.15) is 20.7 Å². The summed E-state index contributed by atoms with van der Waals surface area (Å²) in [6.07, 6.45) is 1.50. The minimum absolute atomic E-state index is 0.0321. The second-order valence-electron chi connectivity index (χ2n) is 5.53. The first-order chi connectivity index (χ1) is 12.0. The van der Waals surface area contributed by atoms with Crippen molar-refractivity contribution in [1.29, 1.82) is 0 Å². The number of esters is 1. The Morgan fingerprint density at radius 1 is 1.08 bits per heavy atom. The van der Waals surface area contributed by atoms with Gasteiger partial charge in [-0.05, 0) is 30.3 Å². The van der Waals surface area contributed by atoms with E-state index in [-0.39, 0.29) is 11.0 Å². The average Bonchev–Trinajstić information content (AvgIpc) is 2.64. The Kier molecular flexibility index (Phi) is 4.35. The number of rotatable bonds is 3. The molecule has 0 aliphatic rings. The average molecular weight is 336 g/mol. The van der Waals surface area contributed by atoms with Crippen LogP contribution >= 0.6 is 0 Å². The van der Waals surface area contributed by atoms with E-state index < -0.39 is 11.9 Å². The number of anilines is 1. The highest BCUT2D eigenvalue weighted by Gasteiger charge is 2.15. The van der Waals surface area contributed by atoms with E-state index in [1.807, 2.05) is 12.1 Å². The second kappa shape index (κ2) is 6.60. The van der Waals surface area contributed by atoms with Crippen LogP contribution in [0, 0.1) is 0 Å². The first-order valence-corrected chi connectivity index (χ1v) is 7.59. The number of carbonyl (C=O) groups excluding carboxylic acids is 2. The van der Waals surface area contributed by atoms with E-state index in [0.717, 1.165) is 5.52 Å². The van der Waals surface area contributed by atoms with Crippen molar-refractivity contribution >= 4 is 28.5 Å². The van der Waals surface area contributed by atoms with E-state index in [9.17, 15) is 14.4 Å². The van der Waals surface area contributed by atoms with Crippen LogP contribution in [-0.2, 0) is 11.8 Å². The number of aromatic nitrogens is 1. The summed E-state index contributed by atoms with van der Waals surface area (Å²) in [7, 11) is 3.06. The van der Waals surface area contributed by atoms with E-state index in [0.29, 0.717) is 16.6 Å². The van der Waals surface area contributed by atoms with Gasteiger partial charge in [0, 0.05) is 24.3 Å². The predicted molar refractivity (Wildman–Crippen MR) is 94.9 cm³/mol. The molecule has 0 atom stereocenters. The maximum absolute atomic E-state index is 12.6. The molecule has 0 saturated heterocycles. The molecule has 0 aliphatic carbocycles. The van der Waals surface area contributed by atoms with Gasteiger partial charge < -0.3 is 14.6 Å². The molecule has 0 aliphatic heterocycles. The number of para-hydroxylation sites is 1. The van der Waals surface area contributed by atoms with E-state index >= 15 is 0 Å². The van der Waals surface area contributed by atoms with Gasteiger partial charge in [-0.15, -0.1) is 0 Å². The number of hydrogen-bond donors (Lipinski definition) is 1. The molecule has 0 spiro atoms. The molecular formula is C19H16N2O4. The number of carbonyl (C=O) groups is 2. The van der Waals surface area contributed by atoms with Gasteiger partial charge in [0.2, 0.25) is 5.43 Å². The lowest BCUT2D eigenvalue weighted by Crippen LogP contribution is -2.23. The summed E-state index contributed by atoms with van der Waals surface area (Å²) in [6.45, 7) is 0. The van der Waals surface area contributed by atoms with Crippen molar-refractivity contribution in [3.63, 3.8) is 0 Å². The van der Waals surface area contributed by atoms with Gasteiger partial charge in [-0.3, -0.25) is 9.59 Å². The lowest BCUT2D eigenvalue weighted by atomic mass is 10.1. The number of nitrogens with one attached hydrogen (secondary N) is 1. The van der Waals surface area contributed by atoms with E-state index in [2.05, 4.69) is 10.1 Å². The van der Waals surface area contributed by atoms with Crippen molar-refractivity contribution in [2.45, 2.75) is 0 Å². The molecule has 1 amide bonds. The SMILES string of the molecule is COC(=O)c1cccc(NC(=O)c2cn(C)c3ccccc3c2=O)c1. The van der Waals surface area contributed by atoms with Crippen molar-refractivity contribution in [3.8, 4) is 0 Å². The van der Waals surface area contributed by atoms with Gasteiger partial charge in [0.05, 0.1) is 18.2 Å². The number of fused-ring (bicyclic) bond motifs is 1. The fourth-order valence-corrected chi connectivity index (χ4v) is 2.64. The maximum Gasteiger partial charge on any atom is 0.337 e. The zero-order valence-corrected chi connectivity index (χ0v) is 13.8. The molecule has 1 heterocycles. The van der Waals surface area contributed by atoms with Crippen molar-refractivity contribution < 1.29 is 14.3 Å². The fourth-order valence-electron chi connectivity index (χ4n) is 2.64. The molecule has 6 heteroatoms. The minimum Gasteiger partial charge on any atom is -0.465 e. The molecule has 25 heavy (non-hydrogen) atoms. The molecule has 1 N–H and O–H groups in total. The summed E-state index contributed by atoms with van der Waals surface area (Å²) in [5, 5.41) is 3.12. The number of pyridine rings is 1. The Hall–Kier alpha value is -3.41. The molecular weight excluding hydrogens is 320 g/mol. The van der Waals surface area contributed by atoms with Gasteiger partial charge >= 0.3 is 5.97 Å². The Labute approximate surface area is 143 Å². The number of amides is 1. The lowest BCUT2D eigenvalue weighted by Gasteiger charge is -2.10. The highest BCUT2D eigenvalue weighted by molar-refractivity contribution is 6.06. The fraction of sp³-hybridized carbons (Fsp3) is 0.105. The third-order valence-corrected chi connectivity index (χ3v) is 3.88. The van der Waals surface area contributed by atoms with Crippen LogP contribution in [0.15, 0.2) is 59.5 Å². The molecule has 3 rings (SSSR count). The number of hydrogen-bond acceptors (Lipinski definition) is 4. The minimum atomic E-state index is -0.534. The van der Waals surface area contributed by atoms with Crippen LogP contribution < -0.4 is 10.7 Å². The topological polar surface area (TPSA) is 77.4 Å². The van der Waals surface area contributed by atoms with E-state index in [1.54, 1.807) is 41.9 Å². The monoisotopic (exact) mass is 336 g/mol. The largest absolute Gasteiger partial charge is 0.465 e. The summed E-state index contributed by atoms with van der Waals surface area (Å²) in [4.78, 5) is 36.7. The highest BCUT2D eigenvalue weighted by atomic mass is 16.5. The molecule has 126 valence electrons. The molecule has 0 bridgehead atoms. The van der Waals surface area contributed by atoms with Crippen LogP contribution in [0.4, 0.5) is 5.69 Å². The van der Waals surface area contributed by atoms with Gasteiger partial charge in [-0.1, -0.05) is 18.2 Å². The van der Waals surface area contributed by atoms with Crippen LogP contribution in [-0.4, -0.2) is 23.6 Å². The normalized spacial score (nSPS) is 10.5. The van der Waals surface area contributed by atoms with Crippen LogP contribution in [0.2, 0.25) is 0 Å². The first-order valence-electron chi connectivity index (χ1n) is 7.59. The van der Waals surface area contributed by atoms with Gasteiger partial charge in [-0.25, -0.2) is 4.79 Å². The van der Waals surface area contributed by atoms with Crippen molar-refractivity contribution in [1.82, 2.24) is 4.57 Å². The Balaban J connectivity index is 1.97. The maximum atomic E-state index is 12.6. The first kappa shape index (κ1) is 16.4. The Morgan fingerprint density at radius 3 is 2.60 bits per heavy atom. The standard InChI is InChI=1S/C19H16N2O4/c1-21-11-15(17(22)14-8-3-4-9-16(14)21)18(23)20-13-7-5-6-12(10-13)19(24)25-2/h3-11H,1-2H3,(H,20,23). The van der Waals surface area contributed by atoms with Crippen molar-refractivity contribution in [3.05, 3.63) is 76.1 Å². The third kappa shape index (κ3) is 3.14. The van der Waals surface area contributed by atoms with E-state index in [4.69, 9.17) is 0 Å². The number of nitrogens with zero attached hydrogens (tertiary/aromatic N) is 1. The number of benzene rings is 2. The molecule has 2 aromatic carbocycles. The van der Waals surface area contributed by atoms with E-state index in [1.165, 1.54) is 19.4 Å². The number of ether oxygens (including phenoxy) is 1. The van der Waals surface area contributed by atoms with Gasteiger partial charge in [0.1, 0.15) is 5.56 Å². The summed E-state index contributed by atoms with van der Waals surface area (Å²) >= 11 is 0. The predicted octanol–water partition coefficient (Wildman–Crippen LogP) is 2.58. The molecule has 0 radical (unpaired) electrons. The molecule has 1 aromatic heterocycles. The summed E-state index contributed by atoms with van der Waals surface area (Å²) in [5.41, 5.74) is 1.16. The van der Waals surface area contributed by atoms with Gasteiger partial charge in [0.25, 0.3) is 5.91 Å². The van der Waals surface area contributed by atoms with Crippen molar-refractivity contribution in [2.24, 2.45) is 7.05 Å². The number of aryl methyl sites for hydroxylation is 1. The summed E-state index contributed by atoms with van der Waals surface area (Å²) < 4.78 is 6.39. The third-order valence-electron chi connectivity index (χ3n) is 3.88. The van der Waals surface area contributed by atoms with Crippen molar-refractivity contribution in [2.75, 3.05) is 12.4 Å². The molecule has 0 unspecified atom stereocenters. The zero-order valence-electron chi connectivity index (χ0n) is 13.8. The van der Waals surface area contributed by atoms with Gasteiger partial charge in [-0.2, -0.15) is 0 Å². The molecule has 0 fully saturated rings. The van der Waals surface area contributed by atoms with Gasteiger partial charge in [0.15, 0.2) is 0 Å². The Bertz CT molecular complexity index is 1040.